The van der Waals surface area contributed by atoms with Gasteiger partial charge in [-0.25, -0.2) is 4.39 Å². The highest BCUT2D eigenvalue weighted by molar-refractivity contribution is 9.10. The quantitative estimate of drug-likeness (QED) is 0.781. The highest BCUT2D eigenvalue weighted by Gasteiger charge is 2.21. The lowest BCUT2D eigenvalue weighted by Gasteiger charge is -2.09. The van der Waals surface area contributed by atoms with E-state index in [1.165, 1.54) is 18.3 Å². The lowest BCUT2D eigenvalue weighted by atomic mass is 10.3. The summed E-state index contributed by atoms with van der Waals surface area (Å²) in [6.07, 6.45) is 1.20. The molecule has 0 aliphatic carbocycles. The number of H-pyrrole nitrogens is 1. The number of rotatable bonds is 4. The van der Waals surface area contributed by atoms with Crippen LogP contribution in [-0.2, 0) is 16.6 Å². The molecule has 19 heavy (non-hydrogen) atoms. The number of anilines is 1. The lowest BCUT2D eigenvalue weighted by Crippen LogP contribution is -2.15. The monoisotopic (exact) mass is 349 g/mol. The average Bonchev–Trinajstić information content (AvgIpc) is 2.82. The fourth-order valence-corrected chi connectivity index (χ4v) is 3.09. The van der Waals surface area contributed by atoms with Crippen LogP contribution in [0.3, 0.4) is 0 Å². The molecule has 0 saturated carbocycles. The van der Waals surface area contributed by atoms with Crippen molar-refractivity contribution in [3.8, 4) is 0 Å². The van der Waals surface area contributed by atoms with E-state index in [-0.39, 0.29) is 16.3 Å². The molecule has 0 bridgehead atoms. The van der Waals surface area contributed by atoms with Crippen molar-refractivity contribution < 1.29 is 17.9 Å². The number of aromatic nitrogens is 2. The summed E-state index contributed by atoms with van der Waals surface area (Å²) in [6, 6.07) is 3.61. The van der Waals surface area contributed by atoms with Gasteiger partial charge in [-0.15, -0.1) is 0 Å². The van der Waals surface area contributed by atoms with Crippen LogP contribution in [0.5, 0.6) is 0 Å². The van der Waals surface area contributed by atoms with Crippen molar-refractivity contribution in [2.24, 2.45) is 0 Å². The van der Waals surface area contributed by atoms with E-state index in [1.54, 1.807) is 0 Å². The first kappa shape index (κ1) is 14.0. The van der Waals surface area contributed by atoms with Gasteiger partial charge in [-0.2, -0.15) is 13.5 Å². The number of hydrogen-bond acceptors (Lipinski definition) is 4. The molecule has 0 aliphatic rings. The van der Waals surface area contributed by atoms with Gasteiger partial charge >= 0.3 is 0 Å². The summed E-state index contributed by atoms with van der Waals surface area (Å²) in [4.78, 5) is 0. The Labute approximate surface area is 116 Å². The number of aromatic amines is 1. The van der Waals surface area contributed by atoms with Crippen molar-refractivity contribution in [2.45, 2.75) is 11.6 Å². The minimum absolute atomic E-state index is 0.0542. The molecule has 2 aromatic rings. The molecule has 6 nitrogen and oxygen atoms in total. The van der Waals surface area contributed by atoms with Crippen LogP contribution in [0.4, 0.5) is 10.1 Å². The minimum Gasteiger partial charge on any atom is -0.392 e. The highest BCUT2D eigenvalue weighted by Crippen LogP contribution is 2.26. The van der Waals surface area contributed by atoms with E-state index >= 15 is 0 Å². The van der Waals surface area contributed by atoms with Crippen LogP contribution in [0, 0.1) is 5.82 Å². The second kappa shape index (κ2) is 5.27. The zero-order valence-corrected chi connectivity index (χ0v) is 11.8. The van der Waals surface area contributed by atoms with Crippen LogP contribution in [0.15, 0.2) is 33.9 Å². The molecule has 0 unspecified atom stereocenters. The van der Waals surface area contributed by atoms with Crippen molar-refractivity contribution >= 4 is 31.6 Å². The summed E-state index contributed by atoms with van der Waals surface area (Å²) in [5.41, 5.74) is 0.179. The first-order valence-electron chi connectivity index (χ1n) is 5.05. The fourth-order valence-electron chi connectivity index (χ4n) is 1.42. The molecule has 1 aromatic heterocycles. The Balaban J connectivity index is 2.39. The van der Waals surface area contributed by atoms with Gasteiger partial charge in [0, 0.05) is 10.0 Å². The van der Waals surface area contributed by atoms with E-state index in [9.17, 15) is 12.8 Å². The smallest absolute Gasteiger partial charge is 0.279 e. The zero-order valence-electron chi connectivity index (χ0n) is 9.39. The van der Waals surface area contributed by atoms with Gasteiger partial charge < -0.3 is 5.11 Å². The molecule has 0 atom stereocenters. The molecule has 0 spiro atoms. The van der Waals surface area contributed by atoms with Crippen LogP contribution < -0.4 is 4.72 Å². The SMILES string of the molecule is O=S(=O)(Nc1cc(F)ccc1Br)c1[nH]ncc1CO. The molecule has 0 fully saturated rings. The van der Waals surface area contributed by atoms with Crippen molar-refractivity contribution in [2.75, 3.05) is 4.72 Å². The first-order valence-corrected chi connectivity index (χ1v) is 7.32. The third-order valence-electron chi connectivity index (χ3n) is 2.29. The Morgan fingerprint density at radius 1 is 1.47 bits per heavy atom. The van der Waals surface area contributed by atoms with Gasteiger partial charge in [-0.1, -0.05) is 0 Å². The number of nitrogens with one attached hydrogen (secondary N) is 2. The summed E-state index contributed by atoms with van der Waals surface area (Å²) in [6.45, 7) is -0.475. The van der Waals surface area contributed by atoms with Gasteiger partial charge in [0.05, 0.1) is 18.5 Å². The predicted molar refractivity (Wildman–Crippen MR) is 69.4 cm³/mol. The molecular weight excluding hydrogens is 341 g/mol. The maximum Gasteiger partial charge on any atom is 0.279 e. The minimum atomic E-state index is -3.98. The number of halogens is 2. The Kier molecular flexibility index (Phi) is 3.88. The van der Waals surface area contributed by atoms with E-state index in [1.807, 2.05) is 0 Å². The molecule has 102 valence electrons. The molecule has 3 N–H and O–H groups in total. The zero-order chi connectivity index (χ0) is 14.0. The summed E-state index contributed by atoms with van der Waals surface area (Å²) in [5, 5.41) is 14.6. The van der Waals surface area contributed by atoms with Crippen LogP contribution in [0.2, 0.25) is 0 Å². The molecule has 1 aromatic carbocycles. The molecular formula is C10H9BrFN3O3S. The number of nitrogens with zero attached hydrogens (tertiary/aromatic N) is 1. The Morgan fingerprint density at radius 2 is 2.21 bits per heavy atom. The van der Waals surface area contributed by atoms with E-state index in [0.29, 0.717) is 4.47 Å². The number of hydrogen-bond donors (Lipinski definition) is 3. The predicted octanol–water partition coefficient (Wildman–Crippen LogP) is 1.60. The van der Waals surface area contributed by atoms with E-state index in [0.717, 1.165) is 6.07 Å². The number of benzene rings is 1. The molecule has 2 rings (SSSR count). The Bertz CT molecular complexity index is 702. The number of sulfonamides is 1. The van der Waals surface area contributed by atoms with Gasteiger partial charge in [-0.05, 0) is 34.1 Å². The fraction of sp³-hybridized carbons (Fsp3) is 0.100. The summed E-state index contributed by atoms with van der Waals surface area (Å²) in [7, 11) is -3.98. The molecule has 0 amide bonds. The molecule has 9 heteroatoms. The van der Waals surface area contributed by atoms with Crippen molar-refractivity contribution in [3.63, 3.8) is 0 Å². The molecule has 0 aliphatic heterocycles. The first-order chi connectivity index (χ1) is 8.94. The Morgan fingerprint density at radius 3 is 2.89 bits per heavy atom. The third-order valence-corrected chi connectivity index (χ3v) is 4.36. The molecule has 1 heterocycles. The summed E-state index contributed by atoms with van der Waals surface area (Å²) >= 11 is 3.11. The van der Waals surface area contributed by atoms with Crippen LogP contribution in [0.25, 0.3) is 0 Å². The van der Waals surface area contributed by atoms with Gasteiger partial charge in [0.1, 0.15) is 5.82 Å². The van der Waals surface area contributed by atoms with Gasteiger partial charge in [-0.3, -0.25) is 9.82 Å². The highest BCUT2D eigenvalue weighted by atomic mass is 79.9. The standard InChI is InChI=1S/C10H9BrFN3O3S/c11-8-2-1-7(12)3-9(8)15-19(17,18)10-6(5-16)4-13-14-10/h1-4,15-16H,5H2,(H,13,14). The summed E-state index contributed by atoms with van der Waals surface area (Å²) < 4.78 is 39.8. The average molecular weight is 350 g/mol. The maximum absolute atomic E-state index is 13.1. The van der Waals surface area contributed by atoms with Gasteiger partial charge in [0.2, 0.25) is 0 Å². The number of aliphatic hydroxyl groups excluding tert-OH is 1. The normalized spacial score (nSPS) is 11.5. The largest absolute Gasteiger partial charge is 0.392 e. The van der Waals surface area contributed by atoms with E-state index in [4.69, 9.17) is 5.11 Å². The summed E-state index contributed by atoms with van der Waals surface area (Å²) in [5.74, 6) is -0.576. The van der Waals surface area contributed by atoms with Crippen LogP contribution >= 0.6 is 15.9 Å². The maximum atomic E-state index is 13.1. The second-order valence-corrected chi connectivity index (χ2v) is 6.09. The topological polar surface area (TPSA) is 95.1 Å². The number of aliphatic hydroxyl groups is 1. The van der Waals surface area contributed by atoms with Crippen molar-refractivity contribution in [1.82, 2.24) is 10.2 Å². The van der Waals surface area contributed by atoms with Crippen LogP contribution in [-0.4, -0.2) is 23.7 Å². The van der Waals surface area contributed by atoms with E-state index < -0.39 is 22.4 Å². The van der Waals surface area contributed by atoms with Gasteiger partial charge in [0.15, 0.2) is 5.03 Å². The lowest BCUT2D eigenvalue weighted by molar-refractivity contribution is 0.278. The molecule has 0 saturated heterocycles. The third kappa shape index (κ3) is 2.94. The van der Waals surface area contributed by atoms with Gasteiger partial charge in [0.25, 0.3) is 10.0 Å². The second-order valence-electron chi connectivity index (χ2n) is 3.61. The Hall–Kier alpha value is -1.45. The molecule has 0 radical (unpaired) electrons. The van der Waals surface area contributed by atoms with Crippen molar-refractivity contribution in [3.05, 3.63) is 40.2 Å². The van der Waals surface area contributed by atoms with Crippen molar-refractivity contribution in [1.29, 1.82) is 0 Å². The van der Waals surface area contributed by atoms with Crippen LogP contribution in [0.1, 0.15) is 5.56 Å². The van der Waals surface area contributed by atoms with E-state index in [2.05, 4.69) is 30.8 Å².